The smallest absolute Gasteiger partial charge is 0.352 e. The van der Waals surface area contributed by atoms with Crippen LogP contribution in [0.3, 0.4) is 0 Å². The molecule has 0 bridgehead atoms. The van der Waals surface area contributed by atoms with Crippen molar-refractivity contribution < 1.29 is 9.53 Å². The van der Waals surface area contributed by atoms with Crippen molar-refractivity contribution in [2.24, 2.45) is 0 Å². The molecule has 0 aliphatic carbocycles. The van der Waals surface area contributed by atoms with Gasteiger partial charge in [0, 0.05) is 24.5 Å². The van der Waals surface area contributed by atoms with Crippen molar-refractivity contribution in [1.82, 2.24) is 29.4 Å². The van der Waals surface area contributed by atoms with Gasteiger partial charge in [0.15, 0.2) is 5.65 Å². The van der Waals surface area contributed by atoms with E-state index >= 15 is 0 Å². The van der Waals surface area contributed by atoms with Gasteiger partial charge in [-0.1, -0.05) is 19.6 Å². The van der Waals surface area contributed by atoms with Crippen molar-refractivity contribution in [3.63, 3.8) is 0 Å². The zero-order valence-corrected chi connectivity index (χ0v) is 18.1. The van der Waals surface area contributed by atoms with Crippen LogP contribution in [0, 0.1) is 6.92 Å². The Kier molecular flexibility index (Phi) is 5.98. The molecule has 1 aromatic carbocycles. The maximum atomic E-state index is 13.2. The first kappa shape index (κ1) is 22.0. The first-order chi connectivity index (χ1) is 15.0. The molecule has 32 heavy (non-hydrogen) atoms. The van der Waals surface area contributed by atoms with Gasteiger partial charge in [0.1, 0.15) is 16.9 Å². The summed E-state index contributed by atoms with van der Waals surface area (Å²) in [6, 6.07) is 7.68. The van der Waals surface area contributed by atoms with E-state index in [1.165, 1.54) is 10.8 Å². The van der Waals surface area contributed by atoms with Crippen molar-refractivity contribution in [2.75, 3.05) is 26.7 Å². The lowest BCUT2D eigenvalue weighted by molar-refractivity contribution is -0.124. The van der Waals surface area contributed by atoms with E-state index in [2.05, 4.69) is 27.2 Å². The highest BCUT2D eigenvalue weighted by molar-refractivity contribution is 7.19. The summed E-state index contributed by atoms with van der Waals surface area (Å²) in [5, 5.41) is 7.96. The third-order valence-corrected chi connectivity index (χ3v) is 6.94. The average molecular weight is 455 g/mol. The number of methoxy groups -OCH3 is 1. The molecule has 1 amide bonds. The van der Waals surface area contributed by atoms with Gasteiger partial charge in [-0.2, -0.15) is 9.61 Å². The molecule has 4 aromatic rings. The first-order valence-electron chi connectivity index (χ1n) is 10.0. The lowest BCUT2D eigenvalue weighted by Crippen LogP contribution is -2.47. The molecular formula is C22H26N6O3S. The molecule has 168 valence electrons. The lowest BCUT2D eigenvalue weighted by atomic mass is 10.2. The van der Waals surface area contributed by atoms with Crippen LogP contribution in [0.5, 0.6) is 5.75 Å². The van der Waals surface area contributed by atoms with Gasteiger partial charge >= 0.3 is 5.69 Å². The molecule has 0 unspecified atom stereocenters. The maximum Gasteiger partial charge on any atom is 0.352 e. The highest BCUT2D eigenvalue weighted by atomic mass is 32.1. The number of aromatic nitrogens is 4. The molecule has 0 radical (unpaired) electrons. The van der Waals surface area contributed by atoms with Crippen molar-refractivity contribution in [3.8, 4) is 5.75 Å². The molecular weight excluding hydrogens is 428 g/mol. The molecule has 10 heteroatoms. The van der Waals surface area contributed by atoms with Gasteiger partial charge < -0.3 is 10.1 Å². The van der Waals surface area contributed by atoms with Crippen LogP contribution < -0.4 is 15.7 Å². The molecule has 1 aliphatic rings. The minimum Gasteiger partial charge on any atom is -0.497 e. The number of carbonyl (C=O) groups is 1. The summed E-state index contributed by atoms with van der Waals surface area (Å²) in [5.41, 5.74) is 2.42. The van der Waals surface area contributed by atoms with E-state index in [0.29, 0.717) is 31.8 Å². The molecule has 0 saturated carbocycles. The fourth-order valence-corrected chi connectivity index (χ4v) is 5.32. The van der Waals surface area contributed by atoms with Crippen LogP contribution in [-0.4, -0.2) is 56.7 Å². The second-order valence-corrected chi connectivity index (χ2v) is 8.69. The third kappa shape index (κ3) is 3.76. The van der Waals surface area contributed by atoms with Gasteiger partial charge in [0.25, 0.3) is 0 Å². The van der Waals surface area contributed by atoms with Crippen LogP contribution in [0.15, 0.2) is 35.4 Å². The summed E-state index contributed by atoms with van der Waals surface area (Å²) in [4.78, 5) is 33.5. The number of ether oxygens (including phenoxy) is 1. The maximum absolute atomic E-state index is 13.2. The van der Waals surface area contributed by atoms with Crippen molar-refractivity contribution >= 4 is 33.1 Å². The number of piperazine rings is 1. The Labute approximate surface area is 189 Å². The van der Waals surface area contributed by atoms with Gasteiger partial charge in [0.05, 0.1) is 25.6 Å². The van der Waals surface area contributed by atoms with Crippen LogP contribution in [0.2, 0.25) is 0 Å². The topological polar surface area (TPSA) is 93.8 Å². The number of fused-ring (bicyclic) bond motifs is 3. The highest BCUT2D eigenvalue weighted by Crippen LogP contribution is 2.33. The largest absolute Gasteiger partial charge is 0.497 e. The minimum absolute atomic E-state index is 0. The quantitative estimate of drug-likeness (QED) is 0.496. The number of rotatable bonds is 5. The molecule has 9 nitrogen and oxygen atoms in total. The number of aryl methyl sites for hydroxylation is 1. The minimum atomic E-state index is -0.221. The lowest BCUT2D eigenvalue weighted by Gasteiger charge is -2.26. The third-order valence-electron chi connectivity index (χ3n) is 5.64. The second kappa shape index (κ2) is 8.71. The summed E-state index contributed by atoms with van der Waals surface area (Å²) in [6.07, 6.45) is 1.42. The molecule has 4 heterocycles. The highest BCUT2D eigenvalue weighted by Gasteiger charge is 2.23. The number of amides is 1. The summed E-state index contributed by atoms with van der Waals surface area (Å²) in [7, 11) is 1.63. The monoisotopic (exact) mass is 454 g/mol. The Morgan fingerprint density at radius 3 is 2.69 bits per heavy atom. The van der Waals surface area contributed by atoms with Crippen LogP contribution in [-0.2, 0) is 17.9 Å². The molecule has 3 aromatic heterocycles. The number of nitrogens with zero attached hydrogens (tertiary/aromatic N) is 5. The number of carbonyl (C=O) groups excluding carboxylic acids is 1. The van der Waals surface area contributed by atoms with Crippen molar-refractivity contribution in [1.29, 1.82) is 0 Å². The zero-order valence-electron chi connectivity index (χ0n) is 17.3. The van der Waals surface area contributed by atoms with E-state index in [1.807, 2.05) is 24.3 Å². The predicted molar refractivity (Wildman–Crippen MR) is 124 cm³/mol. The van der Waals surface area contributed by atoms with E-state index in [-0.39, 0.29) is 19.0 Å². The van der Waals surface area contributed by atoms with E-state index in [1.54, 1.807) is 23.0 Å². The standard InChI is InChI=1S/C21H22N6O3S.CH4/c1-13-16(10-25-8-7-22-17(28)11-25)31-20-18(13)19-23-12-24-27(19)21(29)26(20)9-14-3-5-15(30-2)6-4-14;/h3-6,12H,7-11H2,1-2H3,(H,22,28);1H4. The Hall–Kier alpha value is -3.24. The molecule has 1 saturated heterocycles. The molecule has 1 fully saturated rings. The Bertz CT molecular complexity index is 1340. The zero-order chi connectivity index (χ0) is 21.5. The van der Waals surface area contributed by atoms with Gasteiger partial charge in [-0.3, -0.25) is 14.3 Å². The average Bonchev–Trinajstić information content (AvgIpc) is 3.37. The first-order valence-corrected chi connectivity index (χ1v) is 10.8. The van der Waals surface area contributed by atoms with Crippen molar-refractivity contribution in [3.05, 3.63) is 57.1 Å². The van der Waals surface area contributed by atoms with E-state index in [4.69, 9.17) is 4.74 Å². The van der Waals surface area contributed by atoms with Gasteiger partial charge in [-0.05, 0) is 30.2 Å². The molecule has 0 spiro atoms. The van der Waals surface area contributed by atoms with E-state index < -0.39 is 0 Å². The van der Waals surface area contributed by atoms with Crippen LogP contribution in [0.25, 0.3) is 15.9 Å². The Balaban J connectivity index is 0.00000245. The SMILES string of the molecule is C.COc1ccc(Cn2c(=O)n3ncnc3c3c(C)c(CN4CCNC(=O)C4)sc32)cc1. The molecule has 0 atom stereocenters. The second-order valence-electron chi connectivity index (χ2n) is 7.60. The number of nitrogens with one attached hydrogen (secondary N) is 1. The molecule has 1 aliphatic heterocycles. The number of hydrogen-bond donors (Lipinski definition) is 1. The van der Waals surface area contributed by atoms with Gasteiger partial charge in [0.2, 0.25) is 5.91 Å². The number of thiophene rings is 1. The normalized spacial score (nSPS) is 14.5. The Morgan fingerprint density at radius 1 is 1.19 bits per heavy atom. The number of hydrogen-bond acceptors (Lipinski definition) is 7. The van der Waals surface area contributed by atoms with E-state index in [9.17, 15) is 9.59 Å². The van der Waals surface area contributed by atoms with E-state index in [0.717, 1.165) is 38.5 Å². The van der Waals surface area contributed by atoms with Gasteiger partial charge in [-0.15, -0.1) is 11.3 Å². The fraction of sp³-hybridized carbons (Fsp3) is 0.364. The number of benzene rings is 1. The molecule has 5 rings (SSSR count). The summed E-state index contributed by atoms with van der Waals surface area (Å²) in [6.45, 7) is 4.97. The fourth-order valence-electron chi connectivity index (χ4n) is 3.98. The van der Waals surface area contributed by atoms with Crippen LogP contribution in [0.4, 0.5) is 0 Å². The summed E-state index contributed by atoms with van der Waals surface area (Å²) in [5.74, 6) is 0.814. The summed E-state index contributed by atoms with van der Waals surface area (Å²) >= 11 is 1.59. The van der Waals surface area contributed by atoms with Crippen molar-refractivity contribution in [2.45, 2.75) is 27.4 Å². The predicted octanol–water partition coefficient (Wildman–Crippen LogP) is 2.04. The Morgan fingerprint density at radius 2 is 1.97 bits per heavy atom. The van der Waals surface area contributed by atoms with Crippen LogP contribution >= 0.6 is 11.3 Å². The van der Waals surface area contributed by atoms with Gasteiger partial charge in [-0.25, -0.2) is 9.78 Å². The summed E-state index contributed by atoms with van der Waals surface area (Å²) < 4.78 is 8.36. The molecule has 1 N–H and O–H groups in total. The van der Waals surface area contributed by atoms with Crippen LogP contribution in [0.1, 0.15) is 23.4 Å².